The molecule has 2 aromatic heterocycles. The Morgan fingerprint density at radius 2 is 2.10 bits per heavy atom. The number of fused-ring (bicyclic) bond motifs is 1. The summed E-state index contributed by atoms with van der Waals surface area (Å²) in [5.74, 6) is -1.92. The van der Waals surface area contributed by atoms with Gasteiger partial charge in [0.15, 0.2) is 16.6 Å². The van der Waals surface area contributed by atoms with E-state index in [2.05, 4.69) is 4.98 Å². The molecule has 0 bridgehead atoms. The summed E-state index contributed by atoms with van der Waals surface area (Å²) in [5, 5.41) is 1.91. The van der Waals surface area contributed by atoms with E-state index in [-0.39, 0.29) is 18.6 Å². The zero-order valence-corrected chi connectivity index (χ0v) is 11.2. The molecule has 1 aromatic carbocycles. The Morgan fingerprint density at radius 1 is 1.25 bits per heavy atom. The molecular weight excluding hydrogens is 282 g/mol. The van der Waals surface area contributed by atoms with Crippen molar-refractivity contribution in [3.8, 4) is 0 Å². The van der Waals surface area contributed by atoms with Crippen molar-refractivity contribution in [2.45, 2.75) is 12.8 Å². The van der Waals surface area contributed by atoms with Gasteiger partial charge >= 0.3 is 0 Å². The molecule has 0 aliphatic heterocycles. The van der Waals surface area contributed by atoms with Gasteiger partial charge in [-0.3, -0.25) is 9.20 Å². The van der Waals surface area contributed by atoms with Crippen molar-refractivity contribution in [1.82, 2.24) is 9.38 Å². The topological polar surface area (TPSA) is 34.4 Å². The first kappa shape index (κ1) is 12.9. The SMILES string of the molecule is O=C(Cc1ccc(F)c(F)c1)Cc1cn2ccsc2n1. The van der Waals surface area contributed by atoms with E-state index in [1.165, 1.54) is 17.4 Å². The van der Waals surface area contributed by atoms with E-state index in [1.807, 2.05) is 16.0 Å². The molecule has 0 spiro atoms. The molecule has 0 N–H and O–H groups in total. The molecule has 0 fully saturated rings. The summed E-state index contributed by atoms with van der Waals surface area (Å²) in [5.41, 5.74) is 1.15. The van der Waals surface area contributed by atoms with Crippen LogP contribution in [0, 0.1) is 11.6 Å². The van der Waals surface area contributed by atoms with Gasteiger partial charge in [0.25, 0.3) is 0 Å². The Bertz CT molecular complexity index is 750. The van der Waals surface area contributed by atoms with Gasteiger partial charge in [-0.05, 0) is 17.7 Å². The van der Waals surface area contributed by atoms with Gasteiger partial charge in [0.2, 0.25) is 0 Å². The maximum Gasteiger partial charge on any atom is 0.193 e. The van der Waals surface area contributed by atoms with E-state index < -0.39 is 11.6 Å². The summed E-state index contributed by atoms with van der Waals surface area (Å²) in [6.45, 7) is 0. The minimum atomic E-state index is -0.933. The lowest BCUT2D eigenvalue weighted by molar-refractivity contribution is -0.117. The molecule has 3 nitrogen and oxygen atoms in total. The summed E-state index contributed by atoms with van der Waals surface area (Å²) in [6.07, 6.45) is 3.93. The first-order chi connectivity index (χ1) is 9.61. The number of imidazole rings is 1. The number of carbonyl (C=O) groups is 1. The molecule has 6 heteroatoms. The average molecular weight is 292 g/mol. The van der Waals surface area contributed by atoms with Crippen molar-refractivity contribution in [1.29, 1.82) is 0 Å². The summed E-state index contributed by atoms with van der Waals surface area (Å²) < 4.78 is 27.7. The van der Waals surface area contributed by atoms with Crippen LogP contribution in [0.1, 0.15) is 11.3 Å². The van der Waals surface area contributed by atoms with Crippen molar-refractivity contribution < 1.29 is 13.6 Å². The van der Waals surface area contributed by atoms with Crippen molar-refractivity contribution in [3.63, 3.8) is 0 Å². The van der Waals surface area contributed by atoms with Crippen LogP contribution in [0.5, 0.6) is 0 Å². The minimum absolute atomic E-state index is 0.0718. The van der Waals surface area contributed by atoms with E-state index in [1.54, 1.807) is 6.20 Å². The van der Waals surface area contributed by atoms with Crippen molar-refractivity contribution >= 4 is 22.1 Å². The van der Waals surface area contributed by atoms with Gasteiger partial charge in [-0.1, -0.05) is 6.07 Å². The third-order valence-corrected chi connectivity index (χ3v) is 3.68. The van der Waals surface area contributed by atoms with Crippen LogP contribution in [0.25, 0.3) is 4.96 Å². The second-order valence-electron chi connectivity index (χ2n) is 4.47. The van der Waals surface area contributed by atoms with E-state index in [9.17, 15) is 13.6 Å². The van der Waals surface area contributed by atoms with Crippen molar-refractivity contribution in [3.05, 3.63) is 58.9 Å². The molecule has 2 heterocycles. The largest absolute Gasteiger partial charge is 0.299 e. The summed E-state index contributed by atoms with van der Waals surface area (Å²) in [7, 11) is 0. The molecule has 102 valence electrons. The highest BCUT2D eigenvalue weighted by molar-refractivity contribution is 7.15. The third kappa shape index (κ3) is 2.60. The highest BCUT2D eigenvalue weighted by Gasteiger charge is 2.11. The van der Waals surface area contributed by atoms with Crippen LogP contribution < -0.4 is 0 Å². The van der Waals surface area contributed by atoms with Gasteiger partial charge in [0, 0.05) is 24.2 Å². The van der Waals surface area contributed by atoms with Crippen LogP contribution >= 0.6 is 11.3 Å². The number of halogens is 2. The lowest BCUT2D eigenvalue weighted by Crippen LogP contribution is -2.07. The zero-order valence-electron chi connectivity index (χ0n) is 10.3. The number of nitrogens with zero attached hydrogens (tertiary/aromatic N) is 2. The van der Waals surface area contributed by atoms with Gasteiger partial charge in [-0.15, -0.1) is 11.3 Å². The molecule has 3 aromatic rings. The molecule has 0 amide bonds. The second kappa shape index (κ2) is 5.13. The average Bonchev–Trinajstić information content (AvgIpc) is 2.94. The Hall–Kier alpha value is -2.08. The molecule has 3 rings (SSSR count). The number of hydrogen-bond donors (Lipinski definition) is 0. The third-order valence-electron chi connectivity index (χ3n) is 2.91. The summed E-state index contributed by atoms with van der Waals surface area (Å²) in [4.78, 5) is 17.1. The Kier molecular flexibility index (Phi) is 3.31. The van der Waals surface area contributed by atoms with Crippen LogP contribution in [0.15, 0.2) is 36.0 Å². The smallest absolute Gasteiger partial charge is 0.193 e. The predicted molar refractivity (Wildman–Crippen MR) is 71.8 cm³/mol. The van der Waals surface area contributed by atoms with E-state index in [0.29, 0.717) is 11.3 Å². The normalized spacial score (nSPS) is 11.1. The standard InChI is InChI=1S/C14H10F2N2OS/c15-12-2-1-9(6-13(12)16)5-11(19)7-10-8-18-3-4-20-14(18)17-10/h1-4,6,8H,5,7H2. The quantitative estimate of drug-likeness (QED) is 0.741. The molecule has 0 atom stereocenters. The van der Waals surface area contributed by atoms with Crippen LogP contribution in [0.3, 0.4) is 0 Å². The van der Waals surface area contributed by atoms with Crippen LogP contribution in [0.2, 0.25) is 0 Å². The van der Waals surface area contributed by atoms with Crippen LogP contribution in [-0.2, 0) is 17.6 Å². The highest BCUT2D eigenvalue weighted by atomic mass is 32.1. The molecule has 0 aliphatic rings. The molecule has 0 radical (unpaired) electrons. The van der Waals surface area contributed by atoms with Gasteiger partial charge in [0.1, 0.15) is 5.78 Å². The number of benzene rings is 1. The minimum Gasteiger partial charge on any atom is -0.299 e. The van der Waals surface area contributed by atoms with Crippen molar-refractivity contribution in [2.24, 2.45) is 0 Å². The molecule has 20 heavy (non-hydrogen) atoms. The maximum absolute atomic E-state index is 13.1. The van der Waals surface area contributed by atoms with Crippen molar-refractivity contribution in [2.75, 3.05) is 0 Å². The summed E-state index contributed by atoms with van der Waals surface area (Å²) in [6, 6.07) is 3.51. The molecule has 0 saturated heterocycles. The second-order valence-corrected chi connectivity index (χ2v) is 5.34. The fourth-order valence-electron chi connectivity index (χ4n) is 2.00. The number of aromatic nitrogens is 2. The Labute approximate surface area is 117 Å². The first-order valence-corrected chi connectivity index (χ1v) is 6.86. The van der Waals surface area contributed by atoms with Gasteiger partial charge in [0.05, 0.1) is 12.1 Å². The zero-order chi connectivity index (χ0) is 14.1. The number of carbonyl (C=O) groups excluding carboxylic acids is 1. The summed E-state index contributed by atoms with van der Waals surface area (Å²) >= 11 is 1.49. The van der Waals surface area contributed by atoms with E-state index in [0.717, 1.165) is 17.1 Å². The molecule has 0 aliphatic carbocycles. The molecule has 0 saturated carbocycles. The lowest BCUT2D eigenvalue weighted by atomic mass is 10.1. The first-order valence-electron chi connectivity index (χ1n) is 5.98. The number of thiazole rings is 1. The van der Waals surface area contributed by atoms with Gasteiger partial charge < -0.3 is 0 Å². The Balaban J connectivity index is 1.70. The van der Waals surface area contributed by atoms with Crippen LogP contribution in [-0.4, -0.2) is 15.2 Å². The fraction of sp³-hybridized carbons (Fsp3) is 0.143. The highest BCUT2D eigenvalue weighted by Crippen LogP contribution is 2.13. The number of rotatable bonds is 4. The van der Waals surface area contributed by atoms with E-state index in [4.69, 9.17) is 0 Å². The van der Waals surface area contributed by atoms with Gasteiger partial charge in [-0.25, -0.2) is 13.8 Å². The van der Waals surface area contributed by atoms with Crippen LogP contribution in [0.4, 0.5) is 8.78 Å². The lowest BCUT2D eigenvalue weighted by Gasteiger charge is -2.01. The fourth-order valence-corrected chi connectivity index (χ4v) is 2.72. The maximum atomic E-state index is 13.1. The predicted octanol–water partition coefficient (Wildman–Crippen LogP) is 3.03. The number of Topliss-reactive ketones (excluding diaryl/α,β-unsaturated/α-hetero) is 1. The number of ketones is 1. The number of hydrogen-bond acceptors (Lipinski definition) is 3. The van der Waals surface area contributed by atoms with Gasteiger partial charge in [-0.2, -0.15) is 0 Å². The van der Waals surface area contributed by atoms with E-state index >= 15 is 0 Å². The Morgan fingerprint density at radius 3 is 2.85 bits per heavy atom. The molecule has 0 unspecified atom stereocenters. The monoisotopic (exact) mass is 292 g/mol. The molecular formula is C14H10F2N2OS.